The number of hydrogen-bond acceptors (Lipinski definition) is 5. The SMILES string of the molecule is CC(C)Oc1ccc(N2C(=O)C(O)=C(c3cccs3)C2=O)cc1. The highest BCUT2D eigenvalue weighted by atomic mass is 32.1. The van der Waals surface area contributed by atoms with Gasteiger partial charge >= 0.3 is 5.91 Å². The van der Waals surface area contributed by atoms with Crippen molar-refractivity contribution in [1.29, 1.82) is 0 Å². The molecular weight excluding hydrogens is 314 g/mol. The van der Waals surface area contributed by atoms with E-state index in [-0.39, 0.29) is 11.7 Å². The van der Waals surface area contributed by atoms with E-state index in [1.165, 1.54) is 11.3 Å². The first kappa shape index (κ1) is 15.3. The van der Waals surface area contributed by atoms with E-state index < -0.39 is 17.6 Å². The number of amides is 2. The van der Waals surface area contributed by atoms with E-state index >= 15 is 0 Å². The second-order valence-corrected chi connectivity index (χ2v) is 6.25. The Bertz CT molecular complexity index is 775. The standard InChI is InChI=1S/C17H15NO4S/c1-10(2)22-12-7-5-11(6-8-12)18-16(20)14(15(19)17(18)21)13-4-3-9-23-13/h3-10,19H,1-2H3. The fourth-order valence-electron chi connectivity index (χ4n) is 2.34. The molecule has 0 unspecified atom stereocenters. The normalized spacial score (nSPS) is 15.0. The summed E-state index contributed by atoms with van der Waals surface area (Å²) in [6.07, 6.45) is 0.0343. The Hall–Kier alpha value is -2.60. The molecule has 1 aromatic heterocycles. The third kappa shape index (κ3) is 2.73. The van der Waals surface area contributed by atoms with Crippen molar-refractivity contribution < 1.29 is 19.4 Å². The molecule has 1 aliphatic rings. The quantitative estimate of drug-likeness (QED) is 0.873. The monoisotopic (exact) mass is 329 g/mol. The van der Waals surface area contributed by atoms with Crippen molar-refractivity contribution in [3.63, 3.8) is 0 Å². The Balaban J connectivity index is 1.90. The van der Waals surface area contributed by atoms with Crippen LogP contribution in [0.5, 0.6) is 5.75 Å². The van der Waals surface area contributed by atoms with E-state index in [0.717, 1.165) is 4.90 Å². The van der Waals surface area contributed by atoms with E-state index in [1.807, 2.05) is 13.8 Å². The second kappa shape index (κ2) is 5.89. The molecule has 0 atom stereocenters. The molecule has 1 aromatic carbocycles. The summed E-state index contributed by atoms with van der Waals surface area (Å²) in [5.74, 6) is -1.10. The number of thiophene rings is 1. The average Bonchev–Trinajstić information content (AvgIpc) is 3.09. The van der Waals surface area contributed by atoms with Crippen molar-refractivity contribution in [2.24, 2.45) is 0 Å². The van der Waals surface area contributed by atoms with Crippen LogP contribution in [0.25, 0.3) is 5.57 Å². The zero-order chi connectivity index (χ0) is 16.6. The summed E-state index contributed by atoms with van der Waals surface area (Å²) in [5.41, 5.74) is 0.446. The summed E-state index contributed by atoms with van der Waals surface area (Å²) in [6, 6.07) is 10.1. The topological polar surface area (TPSA) is 66.8 Å². The molecule has 23 heavy (non-hydrogen) atoms. The van der Waals surface area contributed by atoms with Crippen LogP contribution in [0.1, 0.15) is 18.7 Å². The molecule has 0 fully saturated rings. The van der Waals surface area contributed by atoms with Crippen LogP contribution in [0, 0.1) is 0 Å². The molecule has 0 radical (unpaired) electrons. The van der Waals surface area contributed by atoms with Crippen LogP contribution in [0.2, 0.25) is 0 Å². The summed E-state index contributed by atoms with van der Waals surface area (Å²) in [4.78, 5) is 26.4. The molecular formula is C17H15NO4S. The maximum atomic E-state index is 12.6. The van der Waals surface area contributed by atoms with Crippen LogP contribution in [-0.2, 0) is 9.59 Å². The van der Waals surface area contributed by atoms with Gasteiger partial charge in [0.05, 0.1) is 11.8 Å². The number of rotatable bonds is 4. The highest BCUT2D eigenvalue weighted by molar-refractivity contribution is 7.11. The lowest BCUT2D eigenvalue weighted by molar-refractivity contribution is -0.121. The predicted molar refractivity (Wildman–Crippen MR) is 88.6 cm³/mol. The lowest BCUT2D eigenvalue weighted by atomic mass is 10.2. The maximum absolute atomic E-state index is 12.6. The van der Waals surface area contributed by atoms with Crippen molar-refractivity contribution >= 4 is 34.4 Å². The molecule has 1 aliphatic heterocycles. The lowest BCUT2D eigenvalue weighted by Crippen LogP contribution is -2.31. The molecule has 2 aromatic rings. The fourth-order valence-corrected chi connectivity index (χ4v) is 3.10. The molecule has 0 saturated carbocycles. The molecule has 5 nitrogen and oxygen atoms in total. The minimum atomic E-state index is -0.712. The number of nitrogens with zero attached hydrogens (tertiary/aromatic N) is 1. The number of anilines is 1. The van der Waals surface area contributed by atoms with Gasteiger partial charge < -0.3 is 9.84 Å². The Labute approximate surface area is 137 Å². The number of carbonyl (C=O) groups is 2. The van der Waals surface area contributed by atoms with E-state index in [0.29, 0.717) is 16.3 Å². The molecule has 6 heteroatoms. The Kier molecular flexibility index (Phi) is 3.92. The van der Waals surface area contributed by atoms with Crippen LogP contribution >= 0.6 is 11.3 Å². The number of ether oxygens (including phenoxy) is 1. The lowest BCUT2D eigenvalue weighted by Gasteiger charge is -2.15. The Morgan fingerprint density at radius 2 is 1.78 bits per heavy atom. The Morgan fingerprint density at radius 3 is 2.35 bits per heavy atom. The third-order valence-corrected chi connectivity index (χ3v) is 4.18. The molecule has 0 spiro atoms. The number of hydrogen-bond donors (Lipinski definition) is 1. The van der Waals surface area contributed by atoms with Crippen LogP contribution in [-0.4, -0.2) is 23.0 Å². The summed E-state index contributed by atoms with van der Waals surface area (Å²) in [5, 5.41) is 11.8. The number of imide groups is 1. The van der Waals surface area contributed by atoms with Gasteiger partial charge in [0.25, 0.3) is 5.91 Å². The minimum absolute atomic E-state index is 0.0343. The molecule has 0 bridgehead atoms. The van der Waals surface area contributed by atoms with Gasteiger partial charge in [-0.15, -0.1) is 11.3 Å². The van der Waals surface area contributed by atoms with Gasteiger partial charge in [-0.1, -0.05) is 6.07 Å². The average molecular weight is 329 g/mol. The third-order valence-electron chi connectivity index (χ3n) is 3.29. The second-order valence-electron chi connectivity index (χ2n) is 5.31. The summed E-state index contributed by atoms with van der Waals surface area (Å²) < 4.78 is 5.54. The van der Waals surface area contributed by atoms with Crippen molar-refractivity contribution in [2.45, 2.75) is 20.0 Å². The molecule has 2 amide bonds. The van der Waals surface area contributed by atoms with Gasteiger partial charge in [0, 0.05) is 4.88 Å². The molecule has 118 valence electrons. The van der Waals surface area contributed by atoms with Gasteiger partial charge in [-0.05, 0) is 49.6 Å². The first-order valence-electron chi connectivity index (χ1n) is 7.11. The molecule has 0 saturated heterocycles. The predicted octanol–water partition coefficient (Wildman–Crippen LogP) is 3.38. The first-order chi connectivity index (χ1) is 11.0. The van der Waals surface area contributed by atoms with Gasteiger partial charge in [-0.3, -0.25) is 9.59 Å². The highest BCUT2D eigenvalue weighted by Gasteiger charge is 2.40. The number of carbonyl (C=O) groups excluding carboxylic acids is 2. The number of aliphatic hydroxyl groups excluding tert-OH is 1. The maximum Gasteiger partial charge on any atom is 0.301 e. The Morgan fingerprint density at radius 1 is 1.09 bits per heavy atom. The number of benzene rings is 1. The smallest absolute Gasteiger partial charge is 0.301 e. The molecule has 0 aliphatic carbocycles. The number of aliphatic hydroxyl groups is 1. The van der Waals surface area contributed by atoms with E-state index in [9.17, 15) is 14.7 Å². The van der Waals surface area contributed by atoms with Crippen LogP contribution < -0.4 is 9.64 Å². The zero-order valence-corrected chi connectivity index (χ0v) is 13.5. The van der Waals surface area contributed by atoms with Crippen molar-refractivity contribution in [2.75, 3.05) is 4.90 Å². The zero-order valence-electron chi connectivity index (χ0n) is 12.6. The van der Waals surface area contributed by atoms with Gasteiger partial charge in [0.2, 0.25) is 0 Å². The molecule has 2 heterocycles. The van der Waals surface area contributed by atoms with Crippen LogP contribution in [0.4, 0.5) is 5.69 Å². The van der Waals surface area contributed by atoms with E-state index in [2.05, 4.69) is 0 Å². The summed E-state index contributed by atoms with van der Waals surface area (Å²) >= 11 is 1.30. The molecule has 1 N–H and O–H groups in total. The van der Waals surface area contributed by atoms with Crippen LogP contribution in [0.3, 0.4) is 0 Å². The highest BCUT2D eigenvalue weighted by Crippen LogP contribution is 2.34. The summed E-state index contributed by atoms with van der Waals surface area (Å²) in [7, 11) is 0. The molecule has 3 rings (SSSR count). The summed E-state index contributed by atoms with van der Waals surface area (Å²) in [6.45, 7) is 3.83. The first-order valence-corrected chi connectivity index (χ1v) is 7.99. The van der Waals surface area contributed by atoms with Gasteiger partial charge in [-0.25, -0.2) is 4.90 Å². The van der Waals surface area contributed by atoms with Crippen molar-refractivity contribution in [1.82, 2.24) is 0 Å². The van der Waals surface area contributed by atoms with Crippen molar-refractivity contribution in [3.8, 4) is 5.75 Å². The van der Waals surface area contributed by atoms with Gasteiger partial charge in [0.15, 0.2) is 5.76 Å². The minimum Gasteiger partial charge on any atom is -0.502 e. The van der Waals surface area contributed by atoms with Gasteiger partial charge in [0.1, 0.15) is 11.3 Å². The van der Waals surface area contributed by atoms with E-state index in [1.54, 1.807) is 41.8 Å². The van der Waals surface area contributed by atoms with Gasteiger partial charge in [-0.2, -0.15) is 0 Å². The fraction of sp³-hybridized carbons (Fsp3) is 0.176. The van der Waals surface area contributed by atoms with Crippen molar-refractivity contribution in [3.05, 3.63) is 52.4 Å². The largest absolute Gasteiger partial charge is 0.502 e. The van der Waals surface area contributed by atoms with Crippen LogP contribution in [0.15, 0.2) is 47.5 Å². The van der Waals surface area contributed by atoms with E-state index in [4.69, 9.17) is 4.74 Å².